The molecule has 0 aromatic heterocycles. The first-order valence-electron chi connectivity index (χ1n) is 9.78. The van der Waals surface area contributed by atoms with Crippen LogP contribution in [0, 0.1) is 5.92 Å². The van der Waals surface area contributed by atoms with Gasteiger partial charge in [0, 0.05) is 17.4 Å². The van der Waals surface area contributed by atoms with Gasteiger partial charge in [-0.05, 0) is 42.5 Å². The molecule has 1 atom stereocenters. The Morgan fingerprint density at radius 1 is 1.11 bits per heavy atom. The molecule has 2 aromatic rings. The molecular formula is C24H26O3. The van der Waals surface area contributed by atoms with Gasteiger partial charge < -0.3 is 9.47 Å². The van der Waals surface area contributed by atoms with Crippen molar-refractivity contribution in [1.29, 1.82) is 0 Å². The van der Waals surface area contributed by atoms with Crippen molar-refractivity contribution in [3.05, 3.63) is 71.3 Å². The molecule has 3 heteroatoms. The molecule has 27 heavy (non-hydrogen) atoms. The highest BCUT2D eigenvalue weighted by Crippen LogP contribution is 2.49. The number of carbonyl (C=O) groups excluding carboxylic acids is 1. The Kier molecular flexibility index (Phi) is 5.02. The Bertz CT molecular complexity index is 847. The summed E-state index contributed by atoms with van der Waals surface area (Å²) < 4.78 is 11.6. The highest BCUT2D eigenvalue weighted by atomic mass is 16.5. The highest BCUT2D eigenvalue weighted by molar-refractivity contribution is 6.00. The molecule has 2 aromatic carbocycles. The predicted molar refractivity (Wildman–Crippen MR) is 107 cm³/mol. The Balaban J connectivity index is 1.66. The first-order chi connectivity index (χ1) is 13.2. The van der Waals surface area contributed by atoms with Crippen LogP contribution in [0.5, 0.6) is 11.5 Å². The van der Waals surface area contributed by atoms with Gasteiger partial charge in [0.1, 0.15) is 6.61 Å². The summed E-state index contributed by atoms with van der Waals surface area (Å²) in [5.74, 6) is 2.00. The number of carbonyl (C=O) groups is 1. The SMILES string of the molecule is C=C1CC1c1cc(OC)c(OCc2ccccc2)cc1C(=O)C1CCCC1. The van der Waals surface area contributed by atoms with Gasteiger partial charge in [0.25, 0.3) is 0 Å². The molecule has 2 saturated carbocycles. The van der Waals surface area contributed by atoms with Gasteiger partial charge in [-0.15, -0.1) is 0 Å². The molecule has 0 radical (unpaired) electrons. The van der Waals surface area contributed by atoms with E-state index in [1.165, 1.54) is 5.57 Å². The van der Waals surface area contributed by atoms with Crippen molar-refractivity contribution in [1.82, 2.24) is 0 Å². The summed E-state index contributed by atoms with van der Waals surface area (Å²) in [6.45, 7) is 4.54. The number of ether oxygens (including phenoxy) is 2. The summed E-state index contributed by atoms with van der Waals surface area (Å²) in [6, 6.07) is 13.9. The molecule has 0 N–H and O–H groups in total. The second kappa shape index (κ2) is 7.59. The Morgan fingerprint density at radius 3 is 2.44 bits per heavy atom. The van der Waals surface area contributed by atoms with Gasteiger partial charge >= 0.3 is 0 Å². The first kappa shape index (κ1) is 17.8. The molecule has 2 aliphatic rings. The number of methoxy groups -OCH3 is 1. The minimum absolute atomic E-state index is 0.145. The smallest absolute Gasteiger partial charge is 0.166 e. The average Bonchev–Trinajstić information content (AvgIpc) is 3.19. The maximum absolute atomic E-state index is 13.2. The summed E-state index contributed by atoms with van der Waals surface area (Å²) in [4.78, 5) is 13.2. The van der Waals surface area contributed by atoms with Crippen LogP contribution in [0.1, 0.15) is 59.5 Å². The molecule has 140 valence electrons. The molecule has 0 amide bonds. The monoisotopic (exact) mass is 362 g/mol. The van der Waals surface area contributed by atoms with Crippen LogP contribution >= 0.6 is 0 Å². The predicted octanol–water partition coefficient (Wildman–Crippen LogP) is 5.69. The standard InChI is InChI=1S/C24H26O3/c1-16-12-19(16)20-13-22(26-2)23(27-15-17-8-4-3-5-9-17)14-21(20)24(25)18-10-6-7-11-18/h3-5,8-9,13-14,18-19H,1,6-7,10-12,15H2,2H3. The van der Waals surface area contributed by atoms with E-state index in [1.54, 1.807) is 7.11 Å². The molecule has 2 aliphatic carbocycles. The third-order valence-electron chi connectivity index (χ3n) is 5.74. The first-order valence-corrected chi connectivity index (χ1v) is 9.78. The van der Waals surface area contributed by atoms with E-state index in [9.17, 15) is 4.79 Å². The van der Waals surface area contributed by atoms with E-state index in [0.29, 0.717) is 18.1 Å². The maximum Gasteiger partial charge on any atom is 0.166 e. The zero-order valence-corrected chi connectivity index (χ0v) is 15.9. The number of allylic oxidation sites excluding steroid dienone is 1. The lowest BCUT2D eigenvalue weighted by atomic mass is 9.90. The summed E-state index contributed by atoms with van der Waals surface area (Å²) >= 11 is 0. The van der Waals surface area contributed by atoms with Crippen molar-refractivity contribution in [2.75, 3.05) is 7.11 Å². The van der Waals surface area contributed by atoms with Crippen molar-refractivity contribution in [3.8, 4) is 11.5 Å². The molecule has 2 fully saturated rings. The van der Waals surface area contributed by atoms with Gasteiger partial charge in [-0.25, -0.2) is 0 Å². The summed E-state index contributed by atoms with van der Waals surface area (Å²) in [5.41, 5.74) is 4.13. The van der Waals surface area contributed by atoms with Crippen molar-refractivity contribution < 1.29 is 14.3 Å². The lowest BCUT2D eigenvalue weighted by molar-refractivity contribution is 0.0921. The third kappa shape index (κ3) is 3.78. The Hall–Kier alpha value is -2.55. The number of benzene rings is 2. The highest BCUT2D eigenvalue weighted by Gasteiger charge is 2.35. The lowest BCUT2D eigenvalue weighted by Crippen LogP contribution is -2.14. The normalized spacial score (nSPS) is 19.1. The van der Waals surface area contributed by atoms with Crippen LogP contribution in [0.25, 0.3) is 0 Å². The molecule has 0 bridgehead atoms. The molecule has 0 heterocycles. The fraction of sp³-hybridized carbons (Fsp3) is 0.375. The van der Waals surface area contributed by atoms with Crippen LogP contribution in [-0.2, 0) is 6.61 Å². The Labute approximate surface area is 161 Å². The number of hydrogen-bond donors (Lipinski definition) is 0. The van der Waals surface area contributed by atoms with Crippen LogP contribution < -0.4 is 9.47 Å². The zero-order valence-electron chi connectivity index (χ0n) is 15.9. The van der Waals surface area contributed by atoms with Gasteiger partial charge in [0.2, 0.25) is 0 Å². The van der Waals surface area contributed by atoms with Gasteiger partial charge in [0.05, 0.1) is 7.11 Å². The second-order valence-corrected chi connectivity index (χ2v) is 7.63. The van der Waals surface area contributed by atoms with E-state index >= 15 is 0 Å². The van der Waals surface area contributed by atoms with Gasteiger partial charge in [-0.2, -0.15) is 0 Å². The largest absolute Gasteiger partial charge is 0.493 e. The van der Waals surface area contributed by atoms with Crippen LogP contribution in [-0.4, -0.2) is 12.9 Å². The van der Waals surface area contributed by atoms with Crippen LogP contribution in [0.15, 0.2) is 54.6 Å². The van der Waals surface area contributed by atoms with E-state index in [4.69, 9.17) is 9.47 Å². The van der Waals surface area contributed by atoms with Crippen molar-refractivity contribution in [2.24, 2.45) is 5.92 Å². The van der Waals surface area contributed by atoms with Crippen molar-refractivity contribution in [3.63, 3.8) is 0 Å². The maximum atomic E-state index is 13.2. The summed E-state index contributed by atoms with van der Waals surface area (Å²) in [6.07, 6.45) is 5.25. The fourth-order valence-electron chi connectivity index (χ4n) is 4.03. The molecule has 0 spiro atoms. The molecule has 3 nitrogen and oxygen atoms in total. The van der Waals surface area contributed by atoms with Crippen molar-refractivity contribution in [2.45, 2.75) is 44.6 Å². The minimum atomic E-state index is 0.145. The van der Waals surface area contributed by atoms with Gasteiger partial charge in [-0.1, -0.05) is 55.3 Å². The minimum Gasteiger partial charge on any atom is -0.493 e. The van der Waals surface area contributed by atoms with E-state index < -0.39 is 0 Å². The number of Topliss-reactive ketones (excluding diaryl/α,β-unsaturated/α-hetero) is 1. The Morgan fingerprint density at radius 2 is 1.81 bits per heavy atom. The van der Waals surface area contributed by atoms with Gasteiger partial charge in [0.15, 0.2) is 17.3 Å². The van der Waals surface area contributed by atoms with Crippen LogP contribution in [0.4, 0.5) is 0 Å². The third-order valence-corrected chi connectivity index (χ3v) is 5.74. The molecular weight excluding hydrogens is 336 g/mol. The quantitative estimate of drug-likeness (QED) is 0.469. The molecule has 0 aliphatic heterocycles. The fourth-order valence-corrected chi connectivity index (χ4v) is 4.03. The van der Waals surface area contributed by atoms with E-state index in [0.717, 1.165) is 48.8 Å². The van der Waals surface area contributed by atoms with E-state index in [-0.39, 0.29) is 17.6 Å². The zero-order chi connectivity index (χ0) is 18.8. The number of ketones is 1. The number of rotatable bonds is 7. The number of hydrogen-bond acceptors (Lipinski definition) is 3. The summed E-state index contributed by atoms with van der Waals surface area (Å²) in [7, 11) is 1.65. The topological polar surface area (TPSA) is 35.5 Å². The molecule has 0 saturated heterocycles. The van der Waals surface area contributed by atoms with Crippen LogP contribution in [0.2, 0.25) is 0 Å². The lowest BCUT2D eigenvalue weighted by Gasteiger charge is -2.17. The molecule has 4 rings (SSSR count). The molecule has 1 unspecified atom stereocenters. The van der Waals surface area contributed by atoms with E-state index in [1.807, 2.05) is 42.5 Å². The second-order valence-electron chi connectivity index (χ2n) is 7.63. The van der Waals surface area contributed by atoms with Crippen LogP contribution in [0.3, 0.4) is 0 Å². The van der Waals surface area contributed by atoms with E-state index in [2.05, 4.69) is 6.58 Å². The summed E-state index contributed by atoms with van der Waals surface area (Å²) in [5, 5.41) is 0. The van der Waals surface area contributed by atoms with Crippen molar-refractivity contribution >= 4 is 5.78 Å². The average molecular weight is 362 g/mol. The van der Waals surface area contributed by atoms with Gasteiger partial charge in [-0.3, -0.25) is 4.79 Å².